The van der Waals surface area contributed by atoms with Gasteiger partial charge in [0.05, 0.1) is 12.7 Å². The Bertz CT molecular complexity index is 126. The van der Waals surface area contributed by atoms with Crippen LogP contribution in [0.4, 0.5) is 0 Å². The monoisotopic (exact) mass is 160 g/mol. The average Bonchev–Trinajstić information content (AvgIpc) is 1.87. The zero-order valence-electron chi connectivity index (χ0n) is 7.26. The lowest BCUT2D eigenvalue weighted by atomic mass is 10.3. The van der Waals surface area contributed by atoms with E-state index in [9.17, 15) is 4.79 Å². The van der Waals surface area contributed by atoms with Gasteiger partial charge in [0.25, 0.3) is 0 Å². The Balaban J connectivity index is 3.61. The predicted molar refractivity (Wildman–Crippen MR) is 43.1 cm³/mol. The van der Waals surface area contributed by atoms with Crippen LogP contribution in [0.25, 0.3) is 0 Å². The number of nitrogens with one attached hydrogen (secondary N) is 1. The highest BCUT2D eigenvalue weighted by atomic mass is 16.5. The summed E-state index contributed by atoms with van der Waals surface area (Å²) < 4.78 is 5.19. The lowest BCUT2D eigenvalue weighted by Crippen LogP contribution is -2.43. The zero-order chi connectivity index (χ0) is 8.85. The molecule has 0 spiro atoms. The quantitative estimate of drug-likeness (QED) is 0.569. The van der Waals surface area contributed by atoms with Gasteiger partial charge < -0.3 is 15.8 Å². The second kappa shape index (κ2) is 5.09. The summed E-state index contributed by atoms with van der Waals surface area (Å²) in [5.74, 6) is -0.381. The number of amides is 1. The Labute approximate surface area is 67.1 Å². The van der Waals surface area contributed by atoms with E-state index in [4.69, 9.17) is 10.5 Å². The molecule has 0 aromatic heterocycles. The summed E-state index contributed by atoms with van der Waals surface area (Å²) >= 11 is 0. The molecular formula is C7H16N2O2. The molecule has 0 aliphatic rings. The van der Waals surface area contributed by atoms with Gasteiger partial charge in [0.1, 0.15) is 6.04 Å². The molecule has 0 saturated carbocycles. The highest BCUT2D eigenvalue weighted by molar-refractivity contribution is 5.79. The van der Waals surface area contributed by atoms with Crippen LogP contribution in [0.15, 0.2) is 0 Å². The van der Waals surface area contributed by atoms with Crippen LogP contribution >= 0.6 is 0 Å². The van der Waals surface area contributed by atoms with Gasteiger partial charge in [0.15, 0.2) is 0 Å². The number of nitrogens with two attached hydrogens (primary N) is 1. The normalized spacial score (nSPS) is 13.5. The van der Waals surface area contributed by atoms with E-state index in [-0.39, 0.29) is 18.1 Å². The van der Waals surface area contributed by atoms with E-state index in [0.29, 0.717) is 6.61 Å². The number of carbonyl (C=O) groups is 1. The highest BCUT2D eigenvalue weighted by Crippen LogP contribution is 1.90. The van der Waals surface area contributed by atoms with Crippen molar-refractivity contribution < 1.29 is 9.53 Å². The number of carbonyl (C=O) groups excluding carboxylic acids is 1. The van der Waals surface area contributed by atoms with Crippen LogP contribution in [0.1, 0.15) is 13.8 Å². The summed E-state index contributed by atoms with van der Waals surface area (Å²) in [5.41, 5.74) is 5.05. The van der Waals surface area contributed by atoms with Crippen molar-refractivity contribution in [3.63, 3.8) is 0 Å². The fraction of sp³-hybridized carbons (Fsp3) is 0.857. The van der Waals surface area contributed by atoms with Crippen molar-refractivity contribution in [3.8, 4) is 0 Å². The summed E-state index contributed by atoms with van der Waals surface area (Å²) in [6.45, 7) is 4.16. The highest BCUT2D eigenvalue weighted by Gasteiger charge is 2.12. The van der Waals surface area contributed by atoms with Crippen LogP contribution in [0, 0.1) is 0 Å². The van der Waals surface area contributed by atoms with Crippen molar-refractivity contribution in [2.45, 2.75) is 26.0 Å². The maximum atomic E-state index is 10.6. The second-order valence-corrected chi connectivity index (χ2v) is 2.63. The molecule has 0 radical (unpaired) electrons. The van der Waals surface area contributed by atoms with Crippen molar-refractivity contribution in [2.24, 2.45) is 5.73 Å². The molecule has 0 aromatic rings. The minimum atomic E-state index is -0.381. The number of hydrogen-bond donors (Lipinski definition) is 2. The van der Waals surface area contributed by atoms with Gasteiger partial charge in [-0.1, -0.05) is 0 Å². The lowest BCUT2D eigenvalue weighted by molar-refractivity contribution is -0.121. The number of rotatable bonds is 5. The van der Waals surface area contributed by atoms with Crippen LogP contribution in [-0.2, 0) is 9.53 Å². The van der Waals surface area contributed by atoms with Crippen LogP contribution in [0.3, 0.4) is 0 Å². The number of likely N-dealkylation sites (N-methyl/N-ethyl adjacent to an activating group) is 1. The first-order valence-electron chi connectivity index (χ1n) is 3.66. The summed E-state index contributed by atoms with van der Waals surface area (Å²) in [6.07, 6.45) is 0.130. The maximum Gasteiger partial charge on any atom is 0.236 e. The molecule has 0 heterocycles. The molecule has 1 amide bonds. The third kappa shape index (κ3) is 4.75. The van der Waals surface area contributed by atoms with E-state index in [1.807, 2.05) is 13.8 Å². The molecule has 0 fully saturated rings. The Morgan fingerprint density at radius 1 is 1.64 bits per heavy atom. The Morgan fingerprint density at radius 3 is 2.45 bits per heavy atom. The van der Waals surface area contributed by atoms with E-state index in [1.54, 1.807) is 7.05 Å². The molecule has 4 heteroatoms. The van der Waals surface area contributed by atoms with Crippen molar-refractivity contribution >= 4 is 5.91 Å². The van der Waals surface area contributed by atoms with E-state index < -0.39 is 0 Å². The minimum Gasteiger partial charge on any atom is -0.377 e. The van der Waals surface area contributed by atoms with Gasteiger partial charge >= 0.3 is 0 Å². The third-order valence-corrected chi connectivity index (χ3v) is 1.29. The fourth-order valence-corrected chi connectivity index (χ4v) is 0.596. The van der Waals surface area contributed by atoms with Gasteiger partial charge in [-0.05, 0) is 20.9 Å². The molecule has 1 unspecified atom stereocenters. The molecule has 0 bridgehead atoms. The zero-order valence-corrected chi connectivity index (χ0v) is 7.26. The molecule has 11 heavy (non-hydrogen) atoms. The fourth-order valence-electron chi connectivity index (χ4n) is 0.596. The molecule has 0 aromatic carbocycles. The molecule has 0 aliphatic heterocycles. The van der Waals surface area contributed by atoms with Crippen LogP contribution in [0.2, 0.25) is 0 Å². The van der Waals surface area contributed by atoms with Crippen molar-refractivity contribution in [2.75, 3.05) is 13.7 Å². The molecule has 0 aliphatic carbocycles. The van der Waals surface area contributed by atoms with Crippen LogP contribution in [-0.4, -0.2) is 31.7 Å². The van der Waals surface area contributed by atoms with E-state index >= 15 is 0 Å². The van der Waals surface area contributed by atoms with Gasteiger partial charge in [-0.25, -0.2) is 0 Å². The molecule has 4 nitrogen and oxygen atoms in total. The van der Waals surface area contributed by atoms with Gasteiger partial charge in [-0.15, -0.1) is 0 Å². The summed E-state index contributed by atoms with van der Waals surface area (Å²) in [6, 6.07) is -0.377. The first kappa shape index (κ1) is 10.4. The molecule has 3 N–H and O–H groups in total. The standard InChI is InChI=1S/C7H16N2O2/c1-5(2)11-4-6(9-3)7(8)10/h5-6,9H,4H2,1-3H3,(H2,8,10). The third-order valence-electron chi connectivity index (χ3n) is 1.29. The molecule has 66 valence electrons. The summed E-state index contributed by atoms with van der Waals surface area (Å²) in [5, 5.41) is 2.76. The molecular weight excluding hydrogens is 144 g/mol. The lowest BCUT2D eigenvalue weighted by Gasteiger charge is -2.14. The van der Waals surface area contributed by atoms with Gasteiger partial charge in [0.2, 0.25) is 5.91 Å². The van der Waals surface area contributed by atoms with E-state index in [1.165, 1.54) is 0 Å². The Hall–Kier alpha value is -0.610. The van der Waals surface area contributed by atoms with Crippen LogP contribution < -0.4 is 11.1 Å². The number of hydrogen-bond acceptors (Lipinski definition) is 3. The smallest absolute Gasteiger partial charge is 0.236 e. The summed E-state index contributed by atoms with van der Waals surface area (Å²) in [7, 11) is 1.68. The first-order valence-corrected chi connectivity index (χ1v) is 3.66. The molecule has 1 atom stereocenters. The molecule has 0 saturated heterocycles. The second-order valence-electron chi connectivity index (χ2n) is 2.63. The van der Waals surface area contributed by atoms with Crippen molar-refractivity contribution in [1.82, 2.24) is 5.32 Å². The number of ether oxygens (including phenoxy) is 1. The topological polar surface area (TPSA) is 64.3 Å². The number of primary amides is 1. The van der Waals surface area contributed by atoms with Gasteiger partial charge in [-0.2, -0.15) is 0 Å². The van der Waals surface area contributed by atoms with Gasteiger partial charge in [0, 0.05) is 0 Å². The summed E-state index contributed by atoms with van der Waals surface area (Å²) in [4.78, 5) is 10.6. The molecule has 0 rings (SSSR count). The minimum absolute atomic E-state index is 0.130. The Kier molecular flexibility index (Phi) is 4.81. The first-order chi connectivity index (χ1) is 5.07. The van der Waals surface area contributed by atoms with Crippen molar-refractivity contribution in [3.05, 3.63) is 0 Å². The maximum absolute atomic E-state index is 10.6. The Morgan fingerprint density at radius 2 is 2.18 bits per heavy atom. The average molecular weight is 160 g/mol. The SMILES string of the molecule is CNC(COC(C)C)C(N)=O. The predicted octanol–water partition coefficient (Wildman–Crippen LogP) is -0.515. The van der Waals surface area contributed by atoms with E-state index in [2.05, 4.69) is 5.32 Å². The largest absolute Gasteiger partial charge is 0.377 e. The van der Waals surface area contributed by atoms with Crippen molar-refractivity contribution in [1.29, 1.82) is 0 Å². The van der Waals surface area contributed by atoms with E-state index in [0.717, 1.165) is 0 Å². The van der Waals surface area contributed by atoms with Gasteiger partial charge in [-0.3, -0.25) is 4.79 Å². The van der Waals surface area contributed by atoms with Crippen LogP contribution in [0.5, 0.6) is 0 Å².